The van der Waals surface area contributed by atoms with Gasteiger partial charge in [-0.3, -0.25) is 0 Å². The molecule has 0 saturated carbocycles. The van der Waals surface area contributed by atoms with Crippen molar-refractivity contribution in [3.63, 3.8) is 0 Å². The molecule has 0 unspecified atom stereocenters. The van der Waals surface area contributed by atoms with Gasteiger partial charge in [0.1, 0.15) is 0 Å². The standard InChI is InChI=1S/C41H73NO5.2K/c1-3-5-7-9-11-13-15-17-19-21-23-25-27-31-35-42(38-34-30-29-33-37(38)41(47,39(43)44)40(45)46)36-32-28-26-24-22-20-18-16-14-12-10-8-6-4-2;;/h29-30,33-34,47H,3-28,31-32,35-36H2,1-2H3,(H,43,44)(H,45,46);;/q;2*+1/p-2. The number of carboxylic acids is 2. The van der Waals surface area contributed by atoms with E-state index in [9.17, 15) is 24.9 Å². The monoisotopic (exact) mass is 735 g/mol. The van der Waals surface area contributed by atoms with E-state index >= 15 is 0 Å². The summed E-state index contributed by atoms with van der Waals surface area (Å²) in [5.74, 6) is -4.14. The molecule has 49 heavy (non-hydrogen) atoms. The second-order valence-electron chi connectivity index (χ2n) is 14.0. The van der Waals surface area contributed by atoms with Crippen molar-refractivity contribution in [3.8, 4) is 0 Å². The summed E-state index contributed by atoms with van der Waals surface area (Å²) in [6.07, 6.45) is 35.6. The van der Waals surface area contributed by atoms with Crippen molar-refractivity contribution in [1.29, 1.82) is 0 Å². The molecule has 6 nitrogen and oxygen atoms in total. The molecule has 0 amide bonds. The Kier molecular flexibility index (Phi) is 38.6. The molecule has 0 aromatic heterocycles. The maximum atomic E-state index is 11.8. The van der Waals surface area contributed by atoms with E-state index in [1.807, 2.05) is 0 Å². The number of aliphatic carboxylic acids is 2. The molecule has 0 radical (unpaired) electrons. The second kappa shape index (κ2) is 36.2. The van der Waals surface area contributed by atoms with Crippen LogP contribution in [-0.4, -0.2) is 30.1 Å². The molecule has 1 aromatic rings. The first-order chi connectivity index (χ1) is 22.9. The number of hydrogen-bond donors (Lipinski definition) is 1. The SMILES string of the molecule is CCCCCCCCCCCCCCCCN(CCCCCCCCCCCCCCCC)c1ccccc1C(O)(C(=O)[O-])C(=O)[O-].[K+].[K+]. The number of unbranched alkanes of at least 4 members (excludes halogenated alkanes) is 26. The van der Waals surface area contributed by atoms with Crippen LogP contribution < -0.4 is 118 Å². The van der Waals surface area contributed by atoms with Gasteiger partial charge in [0, 0.05) is 24.3 Å². The molecule has 0 atom stereocenters. The summed E-state index contributed by atoms with van der Waals surface area (Å²) in [7, 11) is 0. The minimum Gasteiger partial charge on any atom is -0.546 e. The van der Waals surface area contributed by atoms with Crippen LogP contribution in [0, 0.1) is 0 Å². The third-order valence-corrected chi connectivity index (χ3v) is 9.79. The third kappa shape index (κ3) is 25.0. The minimum atomic E-state index is -3.19. The Bertz CT molecular complexity index is 870. The number of carboxylic acid groups (broad SMARTS) is 2. The molecule has 1 aromatic carbocycles. The van der Waals surface area contributed by atoms with Crippen LogP contribution in [0.4, 0.5) is 5.69 Å². The van der Waals surface area contributed by atoms with Gasteiger partial charge in [0.2, 0.25) is 0 Å². The van der Waals surface area contributed by atoms with Crippen molar-refractivity contribution >= 4 is 17.6 Å². The molecule has 1 rings (SSSR count). The Morgan fingerprint density at radius 2 is 0.776 bits per heavy atom. The smallest absolute Gasteiger partial charge is 0.546 e. The van der Waals surface area contributed by atoms with Crippen LogP contribution in [0.25, 0.3) is 0 Å². The zero-order valence-electron chi connectivity index (χ0n) is 32.6. The van der Waals surface area contributed by atoms with Crippen LogP contribution in [0.5, 0.6) is 0 Å². The number of para-hydroxylation sites is 1. The van der Waals surface area contributed by atoms with Crippen molar-refractivity contribution in [1.82, 2.24) is 0 Å². The van der Waals surface area contributed by atoms with Crippen molar-refractivity contribution in [2.75, 3.05) is 18.0 Å². The van der Waals surface area contributed by atoms with Crippen molar-refractivity contribution in [2.24, 2.45) is 0 Å². The first-order valence-corrected chi connectivity index (χ1v) is 19.9. The van der Waals surface area contributed by atoms with Gasteiger partial charge in [0.25, 0.3) is 0 Å². The molecule has 0 aliphatic heterocycles. The normalized spacial score (nSPS) is 11.2. The molecule has 0 fully saturated rings. The molecule has 0 spiro atoms. The van der Waals surface area contributed by atoms with E-state index in [2.05, 4.69) is 18.7 Å². The van der Waals surface area contributed by atoms with Crippen molar-refractivity contribution in [2.45, 2.75) is 199 Å². The number of hydrogen-bond acceptors (Lipinski definition) is 6. The zero-order chi connectivity index (χ0) is 34.4. The van der Waals surface area contributed by atoms with Gasteiger partial charge in [0.05, 0.1) is 11.9 Å². The van der Waals surface area contributed by atoms with Crippen LogP contribution in [0.3, 0.4) is 0 Å². The summed E-state index contributed by atoms with van der Waals surface area (Å²) in [5.41, 5.74) is -2.94. The van der Waals surface area contributed by atoms with Gasteiger partial charge in [-0.25, -0.2) is 0 Å². The largest absolute Gasteiger partial charge is 1.00 e. The van der Waals surface area contributed by atoms with Crippen LogP contribution in [0.15, 0.2) is 24.3 Å². The fourth-order valence-electron chi connectivity index (χ4n) is 6.71. The second-order valence-corrected chi connectivity index (χ2v) is 14.0. The van der Waals surface area contributed by atoms with Crippen LogP contribution >= 0.6 is 0 Å². The molecule has 0 heterocycles. The van der Waals surface area contributed by atoms with E-state index in [-0.39, 0.29) is 108 Å². The van der Waals surface area contributed by atoms with E-state index in [4.69, 9.17) is 0 Å². The Hall–Kier alpha value is 1.19. The van der Waals surface area contributed by atoms with Gasteiger partial charge in [-0.1, -0.05) is 199 Å². The summed E-state index contributed by atoms with van der Waals surface area (Å²) in [6.45, 7) is 5.89. The first-order valence-electron chi connectivity index (χ1n) is 19.9. The van der Waals surface area contributed by atoms with Gasteiger partial charge in [-0.15, -0.1) is 0 Å². The predicted octanol–water partition coefficient (Wildman–Crippen LogP) is 3.15. The zero-order valence-corrected chi connectivity index (χ0v) is 38.8. The Labute approximate surface area is 387 Å². The molecule has 1 N–H and O–H groups in total. The van der Waals surface area contributed by atoms with E-state index in [0.717, 1.165) is 38.5 Å². The number of carbonyl (C=O) groups is 2. The fraction of sp³-hybridized carbons (Fsp3) is 0.805. The number of rotatable bonds is 34. The molecular formula is C41H71K2NO5. The fourth-order valence-corrected chi connectivity index (χ4v) is 6.71. The molecule has 0 aliphatic carbocycles. The molecule has 0 aliphatic rings. The van der Waals surface area contributed by atoms with Crippen LogP contribution in [0.2, 0.25) is 0 Å². The molecule has 0 bridgehead atoms. The Morgan fingerprint density at radius 3 is 1.06 bits per heavy atom. The maximum absolute atomic E-state index is 11.8. The Balaban J connectivity index is 0. The van der Waals surface area contributed by atoms with Gasteiger partial charge in [-0.05, 0) is 18.9 Å². The summed E-state index contributed by atoms with van der Waals surface area (Å²) in [4.78, 5) is 25.7. The topological polar surface area (TPSA) is 104 Å². The number of anilines is 1. The average molecular weight is 736 g/mol. The third-order valence-electron chi connectivity index (χ3n) is 9.79. The van der Waals surface area contributed by atoms with Crippen molar-refractivity contribution in [3.05, 3.63) is 29.8 Å². The number of nitrogens with zero attached hydrogens (tertiary/aromatic N) is 1. The molecule has 8 heteroatoms. The Morgan fingerprint density at radius 1 is 0.510 bits per heavy atom. The summed E-state index contributed by atoms with van der Waals surface area (Å²) in [5, 5.41) is 34.4. The van der Waals surface area contributed by atoms with E-state index < -0.39 is 17.5 Å². The molecular weight excluding hydrogens is 665 g/mol. The summed E-state index contributed by atoms with van der Waals surface area (Å²) < 4.78 is 0. The van der Waals surface area contributed by atoms with Crippen molar-refractivity contribution < 1.29 is 128 Å². The van der Waals surface area contributed by atoms with Gasteiger partial charge in [0.15, 0.2) is 5.60 Å². The maximum Gasteiger partial charge on any atom is 1.00 e. The van der Waals surface area contributed by atoms with E-state index in [1.165, 1.54) is 147 Å². The first kappa shape index (κ1) is 52.3. The predicted molar refractivity (Wildman–Crippen MR) is 193 cm³/mol. The van der Waals surface area contributed by atoms with Gasteiger partial charge < -0.3 is 29.8 Å². The average Bonchev–Trinajstić information content (AvgIpc) is 3.07. The van der Waals surface area contributed by atoms with Gasteiger partial charge >= 0.3 is 103 Å². The molecule has 0 saturated heterocycles. The van der Waals surface area contributed by atoms with Crippen LogP contribution in [0.1, 0.15) is 199 Å². The number of benzene rings is 1. The summed E-state index contributed by atoms with van der Waals surface area (Å²) in [6, 6.07) is 6.38. The van der Waals surface area contributed by atoms with Gasteiger partial charge in [-0.2, -0.15) is 0 Å². The number of aliphatic hydroxyl groups is 1. The quantitative estimate of drug-likeness (QED) is 0.0664. The van der Waals surface area contributed by atoms with Crippen LogP contribution in [-0.2, 0) is 15.2 Å². The van der Waals surface area contributed by atoms with E-state index in [0.29, 0.717) is 18.8 Å². The molecule has 272 valence electrons. The number of carbonyl (C=O) groups excluding carboxylic acids is 2. The summed E-state index contributed by atoms with van der Waals surface area (Å²) >= 11 is 0. The minimum absolute atomic E-state index is 0. The van der Waals surface area contributed by atoms with E-state index in [1.54, 1.807) is 18.2 Å².